The number of ether oxygens (including phenoxy) is 1. The lowest BCUT2D eigenvalue weighted by Gasteiger charge is -2.44. The summed E-state index contributed by atoms with van der Waals surface area (Å²) in [5, 5.41) is 0. The van der Waals surface area contributed by atoms with E-state index in [0.29, 0.717) is 19.4 Å². The molecule has 1 aromatic rings. The van der Waals surface area contributed by atoms with Crippen molar-refractivity contribution in [3.63, 3.8) is 0 Å². The topological polar surface area (TPSA) is 75.6 Å². The van der Waals surface area contributed by atoms with Crippen LogP contribution in [0, 0.1) is 0 Å². The minimum absolute atomic E-state index is 0.125. The number of carbonyl (C=O) groups excluding carboxylic acids is 2. The SMILES string of the molecule is CC(OC(=O)N1CCC2(CCCN2C(=O)c2ncccn2)CC1)C(F)(F)F. The lowest BCUT2D eigenvalue weighted by atomic mass is 9.85. The fourth-order valence-electron chi connectivity index (χ4n) is 3.70. The van der Waals surface area contributed by atoms with Crippen molar-refractivity contribution in [2.75, 3.05) is 19.6 Å². The molecule has 0 aromatic carbocycles. The number of aromatic nitrogens is 2. The number of rotatable bonds is 2. The van der Waals surface area contributed by atoms with Crippen LogP contribution in [0.4, 0.5) is 18.0 Å². The van der Waals surface area contributed by atoms with Gasteiger partial charge in [0, 0.05) is 37.6 Å². The lowest BCUT2D eigenvalue weighted by molar-refractivity contribution is -0.200. The highest BCUT2D eigenvalue weighted by Crippen LogP contribution is 2.39. The second-order valence-electron chi connectivity index (χ2n) is 6.91. The maximum Gasteiger partial charge on any atom is 0.425 e. The molecule has 0 saturated carbocycles. The van der Waals surface area contributed by atoms with E-state index in [1.54, 1.807) is 11.0 Å². The second kappa shape index (κ2) is 7.32. The van der Waals surface area contributed by atoms with Crippen molar-refractivity contribution in [2.45, 2.75) is 50.4 Å². The molecule has 148 valence electrons. The number of likely N-dealkylation sites (tertiary alicyclic amines) is 2. The minimum Gasteiger partial charge on any atom is -0.437 e. The molecule has 7 nitrogen and oxygen atoms in total. The summed E-state index contributed by atoms with van der Waals surface area (Å²) in [5.41, 5.74) is -0.414. The van der Waals surface area contributed by atoms with E-state index in [0.717, 1.165) is 19.8 Å². The van der Waals surface area contributed by atoms with E-state index in [1.807, 2.05) is 0 Å². The Morgan fingerprint density at radius 2 is 1.78 bits per heavy atom. The summed E-state index contributed by atoms with van der Waals surface area (Å²) in [5.74, 6) is -0.130. The molecule has 1 spiro atoms. The fraction of sp³-hybridized carbons (Fsp3) is 0.647. The average molecular weight is 386 g/mol. The van der Waals surface area contributed by atoms with Crippen LogP contribution in [0.1, 0.15) is 43.2 Å². The number of amides is 2. The number of alkyl halides is 3. The van der Waals surface area contributed by atoms with Gasteiger partial charge in [-0.2, -0.15) is 13.2 Å². The van der Waals surface area contributed by atoms with Crippen molar-refractivity contribution in [3.8, 4) is 0 Å². The van der Waals surface area contributed by atoms with Gasteiger partial charge in [0.15, 0.2) is 6.10 Å². The summed E-state index contributed by atoms with van der Waals surface area (Å²) >= 11 is 0. The molecule has 2 aliphatic rings. The van der Waals surface area contributed by atoms with Gasteiger partial charge in [0.05, 0.1) is 0 Å². The summed E-state index contributed by atoms with van der Waals surface area (Å²) < 4.78 is 42.2. The van der Waals surface area contributed by atoms with Crippen molar-refractivity contribution >= 4 is 12.0 Å². The molecular formula is C17H21F3N4O3. The summed E-state index contributed by atoms with van der Waals surface area (Å²) in [4.78, 5) is 35.8. The standard InChI is InChI=1S/C17H21F3N4O3/c1-12(17(18,19)20)27-15(26)23-10-5-16(6-11-23)4-2-9-24(16)14(25)13-21-7-3-8-22-13/h3,7-8,12H,2,4-6,9-11H2,1H3. The summed E-state index contributed by atoms with van der Waals surface area (Å²) in [6.45, 7) is 1.86. The Hall–Kier alpha value is -2.39. The normalized spacial score (nSPS) is 20.6. The minimum atomic E-state index is -4.59. The lowest BCUT2D eigenvalue weighted by Crippen LogP contribution is -2.55. The Bertz CT molecular complexity index is 690. The molecule has 2 saturated heterocycles. The molecule has 2 amide bonds. The molecule has 3 rings (SSSR count). The molecule has 27 heavy (non-hydrogen) atoms. The third kappa shape index (κ3) is 3.98. The Morgan fingerprint density at radius 1 is 1.15 bits per heavy atom. The van der Waals surface area contributed by atoms with E-state index >= 15 is 0 Å². The molecule has 3 heterocycles. The Labute approximate surface area is 154 Å². The van der Waals surface area contributed by atoms with Crippen LogP contribution in [0.3, 0.4) is 0 Å². The van der Waals surface area contributed by atoms with Crippen molar-refractivity contribution in [1.82, 2.24) is 19.8 Å². The van der Waals surface area contributed by atoms with Gasteiger partial charge in [-0.25, -0.2) is 14.8 Å². The number of hydrogen-bond acceptors (Lipinski definition) is 5. The number of piperidine rings is 1. The highest BCUT2D eigenvalue weighted by molar-refractivity contribution is 5.91. The summed E-state index contributed by atoms with van der Waals surface area (Å²) in [6.07, 6.45) is -2.12. The van der Waals surface area contributed by atoms with Crippen molar-refractivity contribution in [3.05, 3.63) is 24.3 Å². The molecule has 2 aliphatic heterocycles. The first-order chi connectivity index (χ1) is 12.7. The van der Waals surface area contributed by atoms with E-state index in [2.05, 4.69) is 14.7 Å². The second-order valence-corrected chi connectivity index (χ2v) is 6.91. The molecule has 0 bridgehead atoms. The zero-order valence-electron chi connectivity index (χ0n) is 14.9. The van der Waals surface area contributed by atoms with Gasteiger partial charge >= 0.3 is 12.3 Å². The van der Waals surface area contributed by atoms with Crippen LogP contribution in [0.15, 0.2) is 18.5 Å². The van der Waals surface area contributed by atoms with Gasteiger partial charge in [-0.15, -0.1) is 0 Å². The third-order valence-corrected chi connectivity index (χ3v) is 5.29. The number of carbonyl (C=O) groups is 2. The van der Waals surface area contributed by atoms with Gasteiger partial charge in [-0.05, 0) is 38.7 Å². The van der Waals surface area contributed by atoms with Gasteiger partial charge in [0.2, 0.25) is 5.82 Å². The highest BCUT2D eigenvalue weighted by Gasteiger charge is 2.47. The van der Waals surface area contributed by atoms with Gasteiger partial charge in [-0.1, -0.05) is 0 Å². The maximum atomic E-state index is 12.8. The Morgan fingerprint density at radius 3 is 2.37 bits per heavy atom. The van der Waals surface area contributed by atoms with Crippen molar-refractivity contribution < 1.29 is 27.5 Å². The van der Waals surface area contributed by atoms with E-state index in [1.165, 1.54) is 17.3 Å². The summed E-state index contributed by atoms with van der Waals surface area (Å²) in [6, 6.07) is 1.63. The van der Waals surface area contributed by atoms with Gasteiger partial charge in [0.25, 0.3) is 5.91 Å². The molecule has 0 N–H and O–H groups in total. The van der Waals surface area contributed by atoms with E-state index in [9.17, 15) is 22.8 Å². The van der Waals surface area contributed by atoms with Gasteiger partial charge < -0.3 is 14.5 Å². The molecule has 0 radical (unpaired) electrons. The van der Waals surface area contributed by atoms with E-state index in [-0.39, 0.29) is 24.8 Å². The quantitative estimate of drug-likeness (QED) is 0.781. The average Bonchev–Trinajstić information content (AvgIpc) is 3.04. The van der Waals surface area contributed by atoms with Crippen LogP contribution in [-0.4, -0.2) is 69.2 Å². The zero-order chi connectivity index (χ0) is 19.7. The van der Waals surface area contributed by atoms with Crippen LogP contribution < -0.4 is 0 Å². The predicted molar refractivity (Wildman–Crippen MR) is 87.8 cm³/mol. The smallest absolute Gasteiger partial charge is 0.425 e. The van der Waals surface area contributed by atoms with Gasteiger partial charge in [0.1, 0.15) is 0 Å². The highest BCUT2D eigenvalue weighted by atomic mass is 19.4. The van der Waals surface area contributed by atoms with Crippen molar-refractivity contribution in [1.29, 1.82) is 0 Å². The number of hydrogen-bond donors (Lipinski definition) is 0. The third-order valence-electron chi connectivity index (χ3n) is 5.29. The first-order valence-electron chi connectivity index (χ1n) is 8.84. The largest absolute Gasteiger partial charge is 0.437 e. The van der Waals surface area contributed by atoms with E-state index < -0.39 is 23.9 Å². The number of nitrogens with zero attached hydrogens (tertiary/aromatic N) is 4. The predicted octanol–water partition coefficient (Wildman–Crippen LogP) is 2.63. The molecule has 2 fully saturated rings. The molecule has 0 aliphatic carbocycles. The first-order valence-corrected chi connectivity index (χ1v) is 8.84. The zero-order valence-corrected chi connectivity index (χ0v) is 14.9. The monoisotopic (exact) mass is 386 g/mol. The van der Waals surface area contributed by atoms with Crippen molar-refractivity contribution in [2.24, 2.45) is 0 Å². The van der Waals surface area contributed by atoms with Crippen LogP contribution in [0.25, 0.3) is 0 Å². The molecular weight excluding hydrogens is 365 g/mol. The maximum absolute atomic E-state index is 12.8. The first kappa shape index (κ1) is 19.4. The van der Waals surface area contributed by atoms with Crippen LogP contribution in [0.5, 0.6) is 0 Å². The number of halogens is 3. The van der Waals surface area contributed by atoms with Crippen LogP contribution in [0.2, 0.25) is 0 Å². The Kier molecular flexibility index (Phi) is 5.25. The van der Waals surface area contributed by atoms with Gasteiger partial charge in [-0.3, -0.25) is 4.79 Å². The molecule has 1 aromatic heterocycles. The molecule has 1 atom stereocenters. The summed E-state index contributed by atoms with van der Waals surface area (Å²) in [7, 11) is 0. The Balaban J connectivity index is 1.63. The molecule has 1 unspecified atom stereocenters. The molecule has 10 heteroatoms. The fourth-order valence-corrected chi connectivity index (χ4v) is 3.70. The van der Waals surface area contributed by atoms with E-state index in [4.69, 9.17) is 0 Å². The van der Waals surface area contributed by atoms with Crippen LogP contribution in [-0.2, 0) is 4.74 Å². The van der Waals surface area contributed by atoms with Crippen LogP contribution >= 0.6 is 0 Å².